The van der Waals surface area contributed by atoms with Crippen LogP contribution in [-0.4, -0.2) is 11.0 Å². The summed E-state index contributed by atoms with van der Waals surface area (Å²) in [4.78, 5) is 12.4. The van der Waals surface area contributed by atoms with Gasteiger partial charge in [0.1, 0.15) is 17.4 Å². The number of hydrogen-bond donors (Lipinski definition) is 3. The normalized spacial score (nSPS) is 11.1. The van der Waals surface area contributed by atoms with Gasteiger partial charge in [-0.1, -0.05) is 53.5 Å². The number of nitrogens with one attached hydrogen (secondary N) is 2. The van der Waals surface area contributed by atoms with Crippen molar-refractivity contribution in [3.63, 3.8) is 0 Å². The summed E-state index contributed by atoms with van der Waals surface area (Å²) in [5.74, 6) is -0.480. The maximum atomic E-state index is 12.4. The number of benzene rings is 3. The number of carbonyl (C=O) groups excluding carboxylic acids is 1. The number of aromatic hydroxyl groups is 1. The van der Waals surface area contributed by atoms with Crippen LogP contribution in [-0.2, 0) is 4.79 Å². The topological polar surface area (TPSA) is 85.2 Å². The number of halogens is 2. The Hall–Kier alpha value is -3.20. The number of nitrogens with zero attached hydrogens (tertiary/aromatic N) is 1. The second-order valence-corrected chi connectivity index (χ2v) is 6.33. The Morgan fingerprint density at radius 3 is 2.44 bits per heavy atom. The predicted molar refractivity (Wildman–Crippen MR) is 108 cm³/mol. The number of carbonyl (C=O) groups is 1. The lowest BCUT2D eigenvalue weighted by Crippen LogP contribution is -2.15. The molecule has 0 spiro atoms. The van der Waals surface area contributed by atoms with Crippen LogP contribution in [0.4, 0.5) is 11.4 Å². The lowest BCUT2D eigenvalue weighted by Gasteiger charge is -2.09. The van der Waals surface area contributed by atoms with Gasteiger partial charge in [-0.25, -0.2) is 0 Å². The van der Waals surface area contributed by atoms with Gasteiger partial charge in [0.2, 0.25) is 0 Å². The Labute approximate surface area is 165 Å². The van der Waals surface area contributed by atoms with Crippen molar-refractivity contribution in [2.45, 2.75) is 0 Å². The summed E-state index contributed by atoms with van der Waals surface area (Å²) >= 11 is 12.0. The first kappa shape index (κ1) is 18.6. The highest BCUT2D eigenvalue weighted by Gasteiger charge is 2.13. The van der Waals surface area contributed by atoms with Crippen molar-refractivity contribution >= 4 is 51.3 Å². The number of fused-ring (bicyclic) bond motifs is 1. The molecule has 5 nitrogen and oxygen atoms in total. The monoisotopic (exact) mass is 397 g/mol. The van der Waals surface area contributed by atoms with Crippen LogP contribution in [0.15, 0.2) is 66.4 Å². The van der Waals surface area contributed by atoms with E-state index in [9.17, 15) is 15.2 Å². The molecule has 3 N–H and O–H groups in total. The molecule has 3 aromatic carbocycles. The molecule has 0 aliphatic rings. The highest BCUT2D eigenvalue weighted by molar-refractivity contribution is 6.44. The minimum absolute atomic E-state index is 0.147. The number of phenolic OH excluding ortho intramolecular Hbond substituents is 1. The first-order valence-electron chi connectivity index (χ1n) is 7.84. The van der Waals surface area contributed by atoms with Crippen molar-refractivity contribution in [1.82, 2.24) is 0 Å². The standard InChI is InChI=1S/C20H13Cl2N3O2/c21-15-6-3-8-17(19(15)22)25-20(27)12(10-23)11-24-16-7-1-5-14-13(16)4-2-9-18(14)26/h1-9,11,24,26H,(H,25,27)/b12-11-. The van der Waals surface area contributed by atoms with Crippen LogP contribution < -0.4 is 10.6 Å². The van der Waals surface area contributed by atoms with Crippen LogP contribution in [0.1, 0.15) is 0 Å². The summed E-state index contributed by atoms with van der Waals surface area (Å²) in [6.07, 6.45) is 1.30. The maximum Gasteiger partial charge on any atom is 0.267 e. The molecule has 0 atom stereocenters. The molecule has 0 aliphatic heterocycles. The molecule has 0 saturated heterocycles. The third-order valence-corrected chi connectivity index (χ3v) is 4.65. The van der Waals surface area contributed by atoms with Crippen molar-refractivity contribution in [3.05, 3.63) is 76.4 Å². The van der Waals surface area contributed by atoms with E-state index in [1.54, 1.807) is 48.5 Å². The van der Waals surface area contributed by atoms with Gasteiger partial charge >= 0.3 is 0 Å². The molecule has 27 heavy (non-hydrogen) atoms. The number of anilines is 2. The minimum atomic E-state index is -0.628. The number of phenols is 1. The summed E-state index contributed by atoms with van der Waals surface area (Å²) in [6, 6.07) is 17.1. The molecule has 0 aromatic heterocycles. The fourth-order valence-corrected chi connectivity index (χ4v) is 2.86. The van der Waals surface area contributed by atoms with E-state index in [1.165, 1.54) is 6.20 Å². The van der Waals surface area contributed by atoms with Crippen LogP contribution in [0.3, 0.4) is 0 Å². The van der Waals surface area contributed by atoms with Crippen LogP contribution in [0.5, 0.6) is 5.75 Å². The molecule has 1 amide bonds. The molecule has 3 rings (SSSR count). The van der Waals surface area contributed by atoms with E-state index in [2.05, 4.69) is 10.6 Å². The molecule has 0 aliphatic carbocycles. The average molecular weight is 398 g/mol. The van der Waals surface area contributed by atoms with Crippen LogP contribution in [0.2, 0.25) is 10.0 Å². The largest absolute Gasteiger partial charge is 0.507 e. The van der Waals surface area contributed by atoms with Crippen molar-refractivity contribution in [2.75, 3.05) is 10.6 Å². The van der Waals surface area contributed by atoms with Crippen LogP contribution in [0.25, 0.3) is 10.8 Å². The van der Waals surface area contributed by atoms with E-state index >= 15 is 0 Å². The second kappa shape index (κ2) is 8.00. The van der Waals surface area contributed by atoms with E-state index in [0.29, 0.717) is 21.8 Å². The zero-order chi connectivity index (χ0) is 19.4. The first-order chi connectivity index (χ1) is 13.0. The Morgan fingerprint density at radius 2 is 1.67 bits per heavy atom. The highest BCUT2D eigenvalue weighted by atomic mass is 35.5. The summed E-state index contributed by atoms with van der Waals surface area (Å²) in [6.45, 7) is 0. The van der Waals surface area contributed by atoms with Crippen molar-refractivity contribution in [2.24, 2.45) is 0 Å². The Morgan fingerprint density at radius 1 is 1.00 bits per heavy atom. The number of nitriles is 1. The van der Waals surface area contributed by atoms with Gasteiger partial charge in [-0.05, 0) is 24.3 Å². The molecular formula is C20H13Cl2N3O2. The summed E-state index contributed by atoms with van der Waals surface area (Å²) in [7, 11) is 0. The average Bonchev–Trinajstić information content (AvgIpc) is 2.66. The fourth-order valence-electron chi connectivity index (χ4n) is 2.51. The third kappa shape index (κ3) is 3.98. The van der Waals surface area contributed by atoms with E-state index in [0.717, 1.165) is 5.39 Å². The molecular weight excluding hydrogens is 385 g/mol. The molecule has 0 fully saturated rings. The van der Waals surface area contributed by atoms with Crippen molar-refractivity contribution < 1.29 is 9.90 Å². The van der Waals surface area contributed by atoms with Gasteiger partial charge in [0.05, 0.1) is 15.7 Å². The summed E-state index contributed by atoms with van der Waals surface area (Å²) < 4.78 is 0. The van der Waals surface area contributed by atoms with Gasteiger partial charge in [0.25, 0.3) is 5.91 Å². The molecule has 3 aromatic rings. The van der Waals surface area contributed by atoms with Gasteiger partial charge in [-0.2, -0.15) is 5.26 Å². The van der Waals surface area contributed by atoms with E-state index in [1.807, 2.05) is 12.1 Å². The fraction of sp³-hybridized carbons (Fsp3) is 0. The molecule has 7 heteroatoms. The van der Waals surface area contributed by atoms with Gasteiger partial charge in [0.15, 0.2) is 0 Å². The summed E-state index contributed by atoms with van der Waals surface area (Å²) in [5.41, 5.74) is 0.804. The van der Waals surface area contributed by atoms with E-state index < -0.39 is 5.91 Å². The lowest BCUT2D eigenvalue weighted by atomic mass is 10.1. The maximum absolute atomic E-state index is 12.4. The number of hydrogen-bond acceptors (Lipinski definition) is 4. The molecule has 134 valence electrons. The first-order valence-corrected chi connectivity index (χ1v) is 8.59. The second-order valence-electron chi connectivity index (χ2n) is 5.55. The molecule has 0 unspecified atom stereocenters. The Kier molecular flexibility index (Phi) is 5.51. The van der Waals surface area contributed by atoms with E-state index in [4.69, 9.17) is 23.2 Å². The molecule has 0 bridgehead atoms. The smallest absolute Gasteiger partial charge is 0.267 e. The van der Waals surface area contributed by atoms with Crippen molar-refractivity contribution in [3.8, 4) is 11.8 Å². The minimum Gasteiger partial charge on any atom is -0.507 e. The highest BCUT2D eigenvalue weighted by Crippen LogP contribution is 2.31. The van der Waals surface area contributed by atoms with Gasteiger partial charge in [0, 0.05) is 22.7 Å². The predicted octanol–water partition coefficient (Wildman–Crippen LogP) is 5.31. The summed E-state index contributed by atoms with van der Waals surface area (Å²) in [5, 5.41) is 26.7. The zero-order valence-electron chi connectivity index (χ0n) is 13.8. The SMILES string of the molecule is N#C/C(=C/Nc1cccc2c(O)cccc12)C(=O)Nc1cccc(Cl)c1Cl. The third-order valence-electron chi connectivity index (χ3n) is 3.84. The molecule has 0 saturated carbocycles. The van der Waals surface area contributed by atoms with Gasteiger partial charge in [-0.3, -0.25) is 4.79 Å². The molecule has 0 heterocycles. The lowest BCUT2D eigenvalue weighted by molar-refractivity contribution is -0.112. The Balaban J connectivity index is 1.85. The van der Waals surface area contributed by atoms with E-state index in [-0.39, 0.29) is 16.3 Å². The van der Waals surface area contributed by atoms with Crippen molar-refractivity contribution in [1.29, 1.82) is 5.26 Å². The number of rotatable bonds is 4. The van der Waals surface area contributed by atoms with Crippen LogP contribution >= 0.6 is 23.2 Å². The van der Waals surface area contributed by atoms with Crippen LogP contribution in [0, 0.1) is 11.3 Å². The Bertz CT molecular complexity index is 1100. The zero-order valence-corrected chi connectivity index (χ0v) is 15.3. The van der Waals surface area contributed by atoms with Gasteiger partial charge in [-0.15, -0.1) is 0 Å². The number of amides is 1. The van der Waals surface area contributed by atoms with Gasteiger partial charge < -0.3 is 15.7 Å². The molecule has 0 radical (unpaired) electrons. The quantitative estimate of drug-likeness (QED) is 0.411.